The summed E-state index contributed by atoms with van der Waals surface area (Å²) in [7, 11) is 3.21. The van der Waals surface area contributed by atoms with Crippen LogP contribution in [0.3, 0.4) is 0 Å². The average molecular weight is 301 g/mol. The number of aliphatic carboxylic acids is 1. The number of likely N-dealkylation sites (N-methyl/N-ethyl adjacent to an activating group) is 1. The van der Waals surface area contributed by atoms with Gasteiger partial charge < -0.3 is 25.4 Å². The van der Waals surface area contributed by atoms with Crippen molar-refractivity contribution in [1.82, 2.24) is 15.5 Å². The first kappa shape index (κ1) is 17.2. The normalized spacial score (nSPS) is 20.4. The molecule has 1 aliphatic heterocycles. The summed E-state index contributed by atoms with van der Waals surface area (Å²) in [6, 6.07) is -1.61. The van der Waals surface area contributed by atoms with Gasteiger partial charge in [0.1, 0.15) is 6.04 Å². The first-order valence-corrected chi connectivity index (χ1v) is 6.97. The van der Waals surface area contributed by atoms with Crippen molar-refractivity contribution in [2.45, 2.75) is 37.8 Å². The lowest BCUT2D eigenvalue weighted by atomic mass is 10.1. The largest absolute Gasteiger partial charge is 0.480 e. The Kier molecular flexibility index (Phi) is 6.93. The van der Waals surface area contributed by atoms with E-state index in [-0.39, 0.29) is 18.9 Å². The molecule has 1 rings (SSSR count). The second-order valence-electron chi connectivity index (χ2n) is 5.22. The molecule has 1 aliphatic rings. The number of esters is 1. The molecule has 21 heavy (non-hydrogen) atoms. The van der Waals surface area contributed by atoms with E-state index in [2.05, 4.69) is 20.3 Å². The van der Waals surface area contributed by atoms with E-state index >= 15 is 0 Å². The van der Waals surface area contributed by atoms with Gasteiger partial charge >= 0.3 is 18.0 Å². The molecule has 120 valence electrons. The number of methoxy groups -OCH3 is 1. The molecular formula is C13H23N3O5. The van der Waals surface area contributed by atoms with E-state index in [9.17, 15) is 14.4 Å². The lowest BCUT2D eigenvalue weighted by Gasteiger charge is -2.30. The highest BCUT2D eigenvalue weighted by atomic mass is 16.5. The van der Waals surface area contributed by atoms with Gasteiger partial charge in [-0.1, -0.05) is 0 Å². The molecule has 0 bridgehead atoms. The third-order valence-electron chi connectivity index (χ3n) is 3.43. The topological polar surface area (TPSA) is 108 Å². The van der Waals surface area contributed by atoms with Crippen molar-refractivity contribution in [3.63, 3.8) is 0 Å². The van der Waals surface area contributed by atoms with Crippen LogP contribution in [0.25, 0.3) is 0 Å². The summed E-state index contributed by atoms with van der Waals surface area (Å²) in [4.78, 5) is 36.0. The van der Waals surface area contributed by atoms with Crippen LogP contribution >= 0.6 is 0 Å². The number of ether oxygens (including phenoxy) is 1. The van der Waals surface area contributed by atoms with Crippen LogP contribution < -0.4 is 10.6 Å². The van der Waals surface area contributed by atoms with Gasteiger partial charge in [-0.2, -0.15) is 0 Å². The minimum absolute atomic E-state index is 0.00000386. The molecular weight excluding hydrogens is 278 g/mol. The van der Waals surface area contributed by atoms with Gasteiger partial charge in [0.2, 0.25) is 0 Å². The van der Waals surface area contributed by atoms with Crippen LogP contribution in [0, 0.1) is 0 Å². The Morgan fingerprint density at radius 2 is 2.14 bits per heavy atom. The van der Waals surface area contributed by atoms with Crippen molar-refractivity contribution >= 4 is 18.0 Å². The van der Waals surface area contributed by atoms with Crippen LogP contribution in [0.15, 0.2) is 0 Å². The van der Waals surface area contributed by atoms with E-state index in [0.29, 0.717) is 0 Å². The summed E-state index contributed by atoms with van der Waals surface area (Å²) in [5, 5.41) is 14.2. The number of rotatable bonds is 6. The van der Waals surface area contributed by atoms with Crippen molar-refractivity contribution in [2.24, 2.45) is 0 Å². The van der Waals surface area contributed by atoms with Crippen molar-refractivity contribution in [3.05, 3.63) is 0 Å². The highest BCUT2D eigenvalue weighted by molar-refractivity contribution is 5.83. The first-order valence-electron chi connectivity index (χ1n) is 6.97. The van der Waals surface area contributed by atoms with Gasteiger partial charge in [-0.25, -0.2) is 9.59 Å². The summed E-state index contributed by atoms with van der Waals surface area (Å²) in [6.07, 6.45) is 1.81. The molecule has 8 heteroatoms. The van der Waals surface area contributed by atoms with E-state index in [1.807, 2.05) is 7.05 Å². The number of nitrogens with one attached hydrogen (secondary N) is 2. The summed E-state index contributed by atoms with van der Waals surface area (Å²) in [5.41, 5.74) is 0. The molecule has 3 N–H and O–H groups in total. The third-order valence-corrected chi connectivity index (χ3v) is 3.43. The maximum atomic E-state index is 11.8. The summed E-state index contributed by atoms with van der Waals surface area (Å²) in [5.74, 6) is -1.67. The molecule has 0 aromatic carbocycles. The zero-order valence-electron chi connectivity index (χ0n) is 12.4. The highest BCUT2D eigenvalue weighted by Gasteiger charge is 2.24. The van der Waals surface area contributed by atoms with Gasteiger partial charge in [-0.3, -0.25) is 4.79 Å². The quantitative estimate of drug-likeness (QED) is 0.586. The van der Waals surface area contributed by atoms with Crippen LogP contribution in [0.2, 0.25) is 0 Å². The molecule has 0 saturated carbocycles. The third kappa shape index (κ3) is 6.44. The van der Waals surface area contributed by atoms with Crippen LogP contribution in [0.1, 0.15) is 25.7 Å². The first-order chi connectivity index (χ1) is 9.92. The maximum Gasteiger partial charge on any atom is 0.326 e. The predicted molar refractivity (Wildman–Crippen MR) is 74.9 cm³/mol. The number of nitrogens with zero attached hydrogens (tertiary/aromatic N) is 1. The van der Waals surface area contributed by atoms with Crippen LogP contribution in [-0.4, -0.2) is 67.3 Å². The minimum Gasteiger partial charge on any atom is -0.480 e. The van der Waals surface area contributed by atoms with Crippen molar-refractivity contribution in [1.29, 1.82) is 0 Å². The molecule has 1 heterocycles. The van der Waals surface area contributed by atoms with Crippen LogP contribution in [0.5, 0.6) is 0 Å². The van der Waals surface area contributed by atoms with Crippen LogP contribution in [-0.2, 0) is 14.3 Å². The molecule has 0 radical (unpaired) electrons. The molecule has 2 atom stereocenters. The fraction of sp³-hybridized carbons (Fsp3) is 0.769. The number of hydrogen-bond donors (Lipinski definition) is 3. The van der Waals surface area contributed by atoms with Gasteiger partial charge in [-0.05, 0) is 32.9 Å². The summed E-state index contributed by atoms with van der Waals surface area (Å²) in [6.45, 7) is 1.74. The van der Waals surface area contributed by atoms with E-state index in [0.717, 1.165) is 25.9 Å². The molecule has 1 fully saturated rings. The Labute approximate surface area is 123 Å². The maximum absolute atomic E-state index is 11.8. The second-order valence-corrected chi connectivity index (χ2v) is 5.22. The smallest absolute Gasteiger partial charge is 0.326 e. The van der Waals surface area contributed by atoms with Crippen molar-refractivity contribution in [2.75, 3.05) is 27.2 Å². The van der Waals surface area contributed by atoms with Gasteiger partial charge in [-0.15, -0.1) is 0 Å². The number of carboxylic acids is 1. The average Bonchev–Trinajstić information content (AvgIpc) is 2.42. The highest BCUT2D eigenvalue weighted by Crippen LogP contribution is 2.08. The lowest BCUT2D eigenvalue weighted by molar-refractivity contribution is -0.142. The van der Waals surface area contributed by atoms with E-state index in [1.165, 1.54) is 7.11 Å². The van der Waals surface area contributed by atoms with E-state index in [4.69, 9.17) is 5.11 Å². The SMILES string of the molecule is COC(=O)CC[C@@H](NC(=O)NC1CCCN(C)C1)C(=O)O. The van der Waals surface area contributed by atoms with Crippen LogP contribution in [0.4, 0.5) is 4.79 Å². The van der Waals surface area contributed by atoms with E-state index < -0.39 is 24.0 Å². The van der Waals surface area contributed by atoms with Gasteiger partial charge in [0.15, 0.2) is 0 Å². The molecule has 8 nitrogen and oxygen atoms in total. The molecule has 2 amide bonds. The van der Waals surface area contributed by atoms with Gasteiger partial charge in [0.05, 0.1) is 7.11 Å². The molecule has 0 spiro atoms. The van der Waals surface area contributed by atoms with E-state index in [1.54, 1.807) is 0 Å². The molecule has 1 saturated heterocycles. The Balaban J connectivity index is 2.41. The number of carboxylic acid groups (broad SMARTS) is 1. The van der Waals surface area contributed by atoms with Crippen molar-refractivity contribution in [3.8, 4) is 0 Å². The number of piperidine rings is 1. The minimum atomic E-state index is -1.17. The molecule has 1 unspecified atom stereocenters. The Morgan fingerprint density at radius 1 is 1.43 bits per heavy atom. The predicted octanol–water partition coefficient (Wildman–Crippen LogP) is -0.214. The number of likely N-dealkylation sites (tertiary alicyclic amines) is 1. The summed E-state index contributed by atoms with van der Waals surface area (Å²) < 4.78 is 4.45. The number of carbonyl (C=O) groups excluding carboxylic acids is 2. The zero-order chi connectivity index (χ0) is 15.8. The Hall–Kier alpha value is -1.83. The van der Waals surface area contributed by atoms with Gasteiger partial charge in [0.25, 0.3) is 0 Å². The second kappa shape index (κ2) is 8.46. The molecule has 0 aromatic rings. The fourth-order valence-electron chi connectivity index (χ4n) is 2.29. The fourth-order valence-corrected chi connectivity index (χ4v) is 2.29. The molecule has 0 aliphatic carbocycles. The Bertz CT molecular complexity index is 388. The summed E-state index contributed by atoms with van der Waals surface area (Å²) >= 11 is 0. The number of hydrogen-bond acceptors (Lipinski definition) is 5. The van der Waals surface area contributed by atoms with Crippen molar-refractivity contribution < 1.29 is 24.2 Å². The number of carbonyl (C=O) groups is 3. The van der Waals surface area contributed by atoms with Gasteiger partial charge in [0, 0.05) is 19.0 Å². The standard InChI is InChI=1S/C13H23N3O5/c1-16-7-3-4-9(8-16)14-13(20)15-10(12(18)19)5-6-11(17)21-2/h9-10H,3-8H2,1-2H3,(H,18,19)(H2,14,15,20)/t9?,10-/m1/s1. The Morgan fingerprint density at radius 3 is 2.71 bits per heavy atom. The monoisotopic (exact) mass is 301 g/mol. The molecule has 0 aromatic heterocycles. The number of amides is 2. The lowest BCUT2D eigenvalue weighted by Crippen LogP contribution is -2.53. The number of urea groups is 1. The zero-order valence-corrected chi connectivity index (χ0v) is 12.4.